The lowest BCUT2D eigenvalue weighted by Gasteiger charge is -2.38. The van der Waals surface area contributed by atoms with Crippen molar-refractivity contribution in [2.24, 2.45) is 5.41 Å². The molecule has 1 aliphatic rings. The fraction of sp³-hybridized carbons (Fsp3) is 0.579. The molecule has 3 amide bonds. The number of carbonyl (C=O) groups is 2. The lowest BCUT2D eigenvalue weighted by Crippen LogP contribution is -2.51. The second-order valence-electron chi connectivity index (χ2n) is 6.94. The van der Waals surface area contributed by atoms with E-state index in [1.165, 1.54) is 12.1 Å². The molecule has 1 aromatic rings. The molecule has 1 heterocycles. The Morgan fingerprint density at radius 1 is 1.19 bits per heavy atom. The van der Waals surface area contributed by atoms with Crippen LogP contribution in [0.15, 0.2) is 24.3 Å². The Balaban J connectivity index is 1.76. The fourth-order valence-electron chi connectivity index (χ4n) is 2.95. The van der Waals surface area contributed by atoms with E-state index >= 15 is 0 Å². The smallest absolute Gasteiger partial charge is 0.317 e. The highest BCUT2D eigenvalue weighted by Crippen LogP contribution is 2.31. The van der Waals surface area contributed by atoms with Gasteiger partial charge in [0.2, 0.25) is 5.91 Å². The molecule has 0 unspecified atom stereocenters. The van der Waals surface area contributed by atoms with Crippen LogP contribution in [0.4, 0.5) is 9.18 Å². The van der Waals surface area contributed by atoms with Gasteiger partial charge < -0.3 is 20.3 Å². The summed E-state index contributed by atoms with van der Waals surface area (Å²) in [5.74, 6) is -0.318. The first kappa shape index (κ1) is 20.2. The van der Waals surface area contributed by atoms with E-state index in [1.807, 2.05) is 6.92 Å². The van der Waals surface area contributed by atoms with Gasteiger partial charge >= 0.3 is 6.03 Å². The molecule has 2 rings (SSSR count). The summed E-state index contributed by atoms with van der Waals surface area (Å²) in [6.07, 6.45) is 2.01. The van der Waals surface area contributed by atoms with Gasteiger partial charge in [0.05, 0.1) is 0 Å². The lowest BCUT2D eigenvalue weighted by molar-refractivity contribution is -0.132. The van der Waals surface area contributed by atoms with E-state index in [1.54, 1.807) is 24.1 Å². The third-order valence-electron chi connectivity index (χ3n) is 4.87. The number of benzene rings is 1. The number of piperidine rings is 1. The van der Waals surface area contributed by atoms with Crippen molar-refractivity contribution in [1.29, 1.82) is 0 Å². The number of rotatable bonds is 7. The van der Waals surface area contributed by atoms with Crippen LogP contribution in [0.5, 0.6) is 0 Å². The van der Waals surface area contributed by atoms with Crippen LogP contribution in [0.1, 0.15) is 31.7 Å². The Bertz CT molecular complexity index is 599. The first-order valence-electron chi connectivity index (χ1n) is 8.99. The number of hydrogen-bond acceptors (Lipinski definition) is 3. The second kappa shape index (κ2) is 9.52. The highest BCUT2D eigenvalue weighted by Gasteiger charge is 2.37. The van der Waals surface area contributed by atoms with E-state index in [0.717, 1.165) is 12.0 Å². The first-order valence-corrected chi connectivity index (χ1v) is 8.99. The number of likely N-dealkylation sites (tertiary alicyclic amines) is 1. The van der Waals surface area contributed by atoms with Crippen molar-refractivity contribution in [2.75, 3.05) is 33.4 Å². The van der Waals surface area contributed by atoms with Crippen molar-refractivity contribution < 1.29 is 18.7 Å². The molecule has 2 N–H and O–H groups in total. The van der Waals surface area contributed by atoms with Crippen LogP contribution < -0.4 is 10.6 Å². The zero-order valence-electron chi connectivity index (χ0n) is 15.5. The Morgan fingerprint density at radius 3 is 2.46 bits per heavy atom. The molecule has 6 nitrogen and oxygen atoms in total. The molecule has 0 radical (unpaired) electrons. The van der Waals surface area contributed by atoms with E-state index in [9.17, 15) is 14.0 Å². The minimum atomic E-state index is -0.493. The summed E-state index contributed by atoms with van der Waals surface area (Å²) in [5, 5.41) is 5.80. The average Bonchev–Trinajstić information content (AvgIpc) is 2.65. The molecule has 0 bridgehead atoms. The SMILES string of the molecule is COCCCNC(=O)N1CCC(C)(C(=O)NCc2ccc(F)cc2)CC1. The number of hydrogen-bond donors (Lipinski definition) is 2. The minimum absolute atomic E-state index is 0.0259. The van der Waals surface area contributed by atoms with Crippen LogP contribution in [0, 0.1) is 11.2 Å². The minimum Gasteiger partial charge on any atom is -0.385 e. The van der Waals surface area contributed by atoms with E-state index in [4.69, 9.17) is 4.74 Å². The quantitative estimate of drug-likeness (QED) is 0.729. The van der Waals surface area contributed by atoms with Crippen LogP contribution in [0.3, 0.4) is 0 Å². The predicted octanol–water partition coefficient (Wildman–Crippen LogP) is 2.29. The molecular formula is C19H28FN3O3. The third kappa shape index (κ3) is 5.69. The van der Waals surface area contributed by atoms with Crippen LogP contribution in [-0.4, -0.2) is 50.2 Å². The van der Waals surface area contributed by atoms with Crippen molar-refractivity contribution >= 4 is 11.9 Å². The number of methoxy groups -OCH3 is 1. The lowest BCUT2D eigenvalue weighted by atomic mass is 9.79. The highest BCUT2D eigenvalue weighted by molar-refractivity contribution is 5.83. The monoisotopic (exact) mass is 365 g/mol. The zero-order chi connectivity index (χ0) is 19.0. The number of carbonyl (C=O) groups excluding carboxylic acids is 2. The van der Waals surface area contributed by atoms with Crippen LogP contribution in [-0.2, 0) is 16.1 Å². The third-order valence-corrected chi connectivity index (χ3v) is 4.87. The molecule has 1 aromatic carbocycles. The topological polar surface area (TPSA) is 70.7 Å². The Hall–Kier alpha value is -2.15. The first-order chi connectivity index (χ1) is 12.4. The number of halogens is 1. The molecule has 0 atom stereocenters. The molecule has 0 aliphatic carbocycles. The van der Waals surface area contributed by atoms with Gasteiger partial charge in [0, 0.05) is 45.3 Å². The molecule has 1 saturated heterocycles. The van der Waals surface area contributed by atoms with Crippen molar-refractivity contribution in [3.63, 3.8) is 0 Å². The van der Waals surface area contributed by atoms with Gasteiger partial charge in [0.15, 0.2) is 0 Å². The number of ether oxygens (including phenoxy) is 1. The maximum absolute atomic E-state index is 12.9. The summed E-state index contributed by atoms with van der Waals surface area (Å²) < 4.78 is 17.9. The van der Waals surface area contributed by atoms with Crippen LogP contribution in [0.25, 0.3) is 0 Å². The van der Waals surface area contributed by atoms with Gasteiger partial charge in [-0.05, 0) is 37.0 Å². The Kier molecular flexibility index (Phi) is 7.38. The number of urea groups is 1. The van der Waals surface area contributed by atoms with Gasteiger partial charge in [0.25, 0.3) is 0 Å². The predicted molar refractivity (Wildman–Crippen MR) is 97.1 cm³/mol. The summed E-state index contributed by atoms with van der Waals surface area (Å²) >= 11 is 0. The molecular weight excluding hydrogens is 337 g/mol. The summed E-state index contributed by atoms with van der Waals surface area (Å²) in [7, 11) is 1.63. The van der Waals surface area contributed by atoms with Crippen molar-refractivity contribution in [3.8, 4) is 0 Å². The van der Waals surface area contributed by atoms with Crippen molar-refractivity contribution in [2.45, 2.75) is 32.7 Å². The number of amides is 3. The van der Waals surface area contributed by atoms with Gasteiger partial charge in [0.1, 0.15) is 5.82 Å². The second-order valence-corrected chi connectivity index (χ2v) is 6.94. The molecule has 0 aromatic heterocycles. The van der Waals surface area contributed by atoms with Gasteiger partial charge in [-0.2, -0.15) is 0 Å². The van der Waals surface area contributed by atoms with Gasteiger partial charge in [-0.25, -0.2) is 9.18 Å². The van der Waals surface area contributed by atoms with Gasteiger partial charge in [-0.15, -0.1) is 0 Å². The zero-order valence-corrected chi connectivity index (χ0v) is 15.5. The van der Waals surface area contributed by atoms with Gasteiger partial charge in [-0.3, -0.25) is 4.79 Å². The molecule has 144 valence electrons. The van der Waals surface area contributed by atoms with Gasteiger partial charge in [-0.1, -0.05) is 19.1 Å². The van der Waals surface area contributed by atoms with Crippen molar-refractivity contribution in [1.82, 2.24) is 15.5 Å². The molecule has 0 saturated carbocycles. The van der Waals surface area contributed by atoms with Crippen molar-refractivity contribution in [3.05, 3.63) is 35.6 Å². The molecule has 26 heavy (non-hydrogen) atoms. The van der Waals surface area contributed by atoms with E-state index in [0.29, 0.717) is 45.6 Å². The standard InChI is InChI=1S/C19H28FN3O3/c1-19(17(24)22-14-15-4-6-16(20)7-5-15)8-11-23(12-9-19)18(25)21-10-3-13-26-2/h4-7H,3,8-14H2,1-2H3,(H,21,25)(H,22,24). The molecule has 1 fully saturated rings. The number of nitrogens with zero attached hydrogens (tertiary/aromatic N) is 1. The van der Waals surface area contributed by atoms with E-state index < -0.39 is 5.41 Å². The summed E-state index contributed by atoms with van der Waals surface area (Å²) in [5.41, 5.74) is 0.364. The average molecular weight is 365 g/mol. The molecule has 0 spiro atoms. The fourth-order valence-corrected chi connectivity index (χ4v) is 2.95. The number of nitrogens with one attached hydrogen (secondary N) is 2. The maximum atomic E-state index is 12.9. The summed E-state index contributed by atoms with van der Waals surface area (Å²) in [4.78, 5) is 26.4. The summed E-state index contributed by atoms with van der Waals surface area (Å²) in [6, 6.07) is 6.00. The van der Waals surface area contributed by atoms with E-state index in [-0.39, 0.29) is 17.8 Å². The molecule has 7 heteroatoms. The Labute approximate surface area is 154 Å². The normalized spacial score (nSPS) is 16.2. The largest absolute Gasteiger partial charge is 0.385 e. The highest BCUT2D eigenvalue weighted by atomic mass is 19.1. The Morgan fingerprint density at radius 2 is 1.85 bits per heavy atom. The van der Waals surface area contributed by atoms with Crippen LogP contribution in [0.2, 0.25) is 0 Å². The van der Waals surface area contributed by atoms with E-state index in [2.05, 4.69) is 10.6 Å². The van der Waals surface area contributed by atoms with Crippen LogP contribution >= 0.6 is 0 Å². The maximum Gasteiger partial charge on any atom is 0.317 e. The summed E-state index contributed by atoms with van der Waals surface area (Å²) in [6.45, 7) is 4.61. The molecule has 1 aliphatic heterocycles.